The molecule has 0 aliphatic heterocycles. The van der Waals surface area contributed by atoms with Crippen molar-refractivity contribution in [2.24, 2.45) is 0 Å². The lowest BCUT2D eigenvalue weighted by Crippen LogP contribution is -2.28. The van der Waals surface area contributed by atoms with Crippen molar-refractivity contribution in [3.8, 4) is 0 Å². The van der Waals surface area contributed by atoms with Crippen LogP contribution in [0.3, 0.4) is 0 Å². The average Bonchev–Trinajstić information content (AvgIpc) is 2.81. The summed E-state index contributed by atoms with van der Waals surface area (Å²) in [6.07, 6.45) is 0. The third-order valence-corrected chi connectivity index (χ3v) is 2.36. The number of benzene rings is 1. The van der Waals surface area contributed by atoms with Gasteiger partial charge in [0.2, 0.25) is 5.69 Å². The molecule has 0 atom stereocenters. The highest BCUT2D eigenvalue weighted by atomic mass is 16.5. The molecule has 1 aromatic carbocycles. The van der Waals surface area contributed by atoms with Gasteiger partial charge in [-0.15, -0.1) is 5.10 Å². The summed E-state index contributed by atoms with van der Waals surface area (Å²) in [5.74, 6) is -1.45. The van der Waals surface area contributed by atoms with Gasteiger partial charge in [0, 0.05) is 5.56 Å². The van der Waals surface area contributed by atoms with Crippen LogP contribution in [0.2, 0.25) is 0 Å². The predicted molar refractivity (Wildman–Crippen MR) is 65.0 cm³/mol. The normalized spacial score (nSPS) is 10.2. The van der Waals surface area contributed by atoms with E-state index < -0.39 is 23.1 Å². The monoisotopic (exact) mass is 261 g/mol. The Labute approximate surface area is 107 Å². The number of hydrogen-bond donors (Lipinski definition) is 1. The van der Waals surface area contributed by atoms with Gasteiger partial charge in [0.25, 0.3) is 5.91 Å². The van der Waals surface area contributed by atoms with Crippen LogP contribution in [0.1, 0.15) is 27.8 Å². The smallest absolute Gasteiger partial charge is 0.364 e. The number of ether oxygens (including phenoxy) is 1. The number of nitrogens with zero attached hydrogens (tertiary/aromatic N) is 2. The van der Waals surface area contributed by atoms with E-state index in [1.54, 1.807) is 37.3 Å². The van der Waals surface area contributed by atoms with Gasteiger partial charge >= 0.3 is 11.5 Å². The first-order valence-corrected chi connectivity index (χ1v) is 5.59. The molecule has 7 nitrogen and oxygen atoms in total. The van der Waals surface area contributed by atoms with E-state index in [1.807, 2.05) is 0 Å². The molecule has 19 heavy (non-hydrogen) atoms. The van der Waals surface area contributed by atoms with Gasteiger partial charge in [0.15, 0.2) is 0 Å². The van der Waals surface area contributed by atoms with Crippen molar-refractivity contribution in [2.45, 2.75) is 6.92 Å². The van der Waals surface area contributed by atoms with E-state index in [0.29, 0.717) is 10.2 Å². The molecule has 0 saturated heterocycles. The quantitative estimate of drug-likeness (QED) is 0.809. The minimum Gasteiger partial charge on any atom is -0.461 e. The van der Waals surface area contributed by atoms with E-state index >= 15 is 0 Å². The van der Waals surface area contributed by atoms with E-state index in [0.717, 1.165) is 0 Å². The molecule has 0 saturated carbocycles. The molecule has 0 aliphatic rings. The zero-order valence-corrected chi connectivity index (χ0v) is 10.1. The summed E-state index contributed by atoms with van der Waals surface area (Å²) >= 11 is 0. The third kappa shape index (κ3) is 2.44. The van der Waals surface area contributed by atoms with Crippen LogP contribution in [0.15, 0.2) is 35.1 Å². The zero-order valence-electron chi connectivity index (χ0n) is 10.1. The lowest BCUT2D eigenvalue weighted by Gasteiger charge is -1.98. The number of carbonyl (C=O) groups is 2. The molecule has 98 valence electrons. The molecule has 2 aromatic rings. The molecular formula is C12H11N3O4. The maximum Gasteiger partial charge on any atom is 0.364 e. The first kappa shape index (κ1) is 12.7. The highest BCUT2D eigenvalue weighted by Gasteiger charge is 2.21. The van der Waals surface area contributed by atoms with Crippen LogP contribution in [0.5, 0.6) is 0 Å². The molecule has 2 rings (SSSR count). The van der Waals surface area contributed by atoms with Gasteiger partial charge < -0.3 is 4.74 Å². The Kier molecular flexibility index (Phi) is 3.56. The highest BCUT2D eigenvalue weighted by Crippen LogP contribution is 2.00. The lowest BCUT2D eigenvalue weighted by molar-refractivity contribution is 0.0518. The summed E-state index contributed by atoms with van der Waals surface area (Å²) in [7, 11) is 0. The van der Waals surface area contributed by atoms with E-state index in [9.17, 15) is 14.4 Å². The summed E-state index contributed by atoms with van der Waals surface area (Å²) in [4.78, 5) is 35.3. The average molecular weight is 261 g/mol. The minimum absolute atomic E-state index is 0.123. The number of carbonyl (C=O) groups excluding carboxylic acids is 2. The fourth-order valence-corrected chi connectivity index (χ4v) is 1.48. The standard InChI is InChI=1S/C12H11N3O4/c1-2-19-12(18)9-11(17)15(14-13-9)10(16)8-6-4-3-5-7-8/h3-7,14H,2H2,1H3. The van der Waals surface area contributed by atoms with Crippen LogP contribution in [0, 0.1) is 0 Å². The predicted octanol–water partition coefficient (Wildman–Crippen LogP) is 0.437. The second kappa shape index (κ2) is 5.30. The molecule has 0 radical (unpaired) electrons. The Morgan fingerprint density at radius 2 is 2.00 bits per heavy atom. The number of hydrogen-bond acceptors (Lipinski definition) is 5. The van der Waals surface area contributed by atoms with Crippen molar-refractivity contribution in [3.05, 3.63) is 51.9 Å². The molecule has 0 unspecified atom stereocenters. The number of rotatable bonds is 3. The van der Waals surface area contributed by atoms with Crippen LogP contribution in [-0.4, -0.2) is 33.5 Å². The third-order valence-electron chi connectivity index (χ3n) is 2.36. The number of aromatic amines is 1. The second-order valence-electron chi connectivity index (χ2n) is 3.59. The van der Waals surface area contributed by atoms with Crippen molar-refractivity contribution in [2.75, 3.05) is 6.61 Å². The first-order valence-electron chi connectivity index (χ1n) is 5.59. The molecule has 1 N–H and O–H groups in total. The molecule has 0 spiro atoms. The van der Waals surface area contributed by atoms with Gasteiger partial charge in [-0.05, 0) is 19.1 Å². The van der Waals surface area contributed by atoms with E-state index in [-0.39, 0.29) is 6.61 Å². The second-order valence-corrected chi connectivity index (χ2v) is 3.59. The minimum atomic E-state index is -0.858. The van der Waals surface area contributed by atoms with Gasteiger partial charge in [-0.25, -0.2) is 10.0 Å². The van der Waals surface area contributed by atoms with Crippen LogP contribution < -0.4 is 5.56 Å². The number of nitrogens with one attached hydrogen (secondary N) is 1. The van der Waals surface area contributed by atoms with Gasteiger partial charge in [-0.3, -0.25) is 9.59 Å². The Morgan fingerprint density at radius 1 is 1.32 bits per heavy atom. The highest BCUT2D eigenvalue weighted by molar-refractivity contribution is 5.96. The summed E-state index contributed by atoms with van der Waals surface area (Å²) in [5.41, 5.74) is -0.956. The Balaban J connectivity index is 2.36. The maximum absolute atomic E-state index is 12.0. The first-order chi connectivity index (χ1) is 9.15. The van der Waals surface area contributed by atoms with Gasteiger partial charge in [0.1, 0.15) is 0 Å². The maximum atomic E-state index is 12.0. The SMILES string of the molecule is CCOC(=O)c1n[nH]n(C(=O)c2ccccc2)c1=O. The fourth-order valence-electron chi connectivity index (χ4n) is 1.48. The van der Waals surface area contributed by atoms with Crippen molar-refractivity contribution in [1.29, 1.82) is 0 Å². The van der Waals surface area contributed by atoms with Crippen molar-refractivity contribution < 1.29 is 14.3 Å². The topological polar surface area (TPSA) is 94.0 Å². The van der Waals surface area contributed by atoms with Gasteiger partial charge in [-0.2, -0.15) is 4.68 Å². The molecule has 0 fully saturated rings. The van der Waals surface area contributed by atoms with Gasteiger partial charge in [0.05, 0.1) is 6.61 Å². The summed E-state index contributed by atoms with van der Waals surface area (Å²) in [5, 5.41) is 5.73. The summed E-state index contributed by atoms with van der Waals surface area (Å²) in [6, 6.07) is 8.19. The lowest BCUT2D eigenvalue weighted by atomic mass is 10.2. The van der Waals surface area contributed by atoms with Crippen LogP contribution in [0.25, 0.3) is 0 Å². The zero-order chi connectivity index (χ0) is 13.8. The Bertz CT molecular complexity index is 657. The van der Waals surface area contributed by atoms with Crippen molar-refractivity contribution in [3.63, 3.8) is 0 Å². The molecule has 1 heterocycles. The number of aromatic nitrogens is 3. The van der Waals surface area contributed by atoms with Crippen LogP contribution >= 0.6 is 0 Å². The van der Waals surface area contributed by atoms with Crippen molar-refractivity contribution >= 4 is 11.9 Å². The van der Waals surface area contributed by atoms with E-state index in [2.05, 4.69) is 15.0 Å². The van der Waals surface area contributed by atoms with Crippen LogP contribution in [0.4, 0.5) is 0 Å². The molecule has 0 amide bonds. The fraction of sp³-hybridized carbons (Fsp3) is 0.167. The summed E-state index contributed by atoms with van der Waals surface area (Å²) < 4.78 is 5.33. The molecule has 7 heteroatoms. The molecule has 0 aliphatic carbocycles. The molecule has 0 bridgehead atoms. The van der Waals surface area contributed by atoms with E-state index in [1.165, 1.54) is 0 Å². The van der Waals surface area contributed by atoms with Crippen molar-refractivity contribution in [1.82, 2.24) is 15.0 Å². The molecule has 1 aromatic heterocycles. The molecular weight excluding hydrogens is 250 g/mol. The summed E-state index contributed by atoms with van der Waals surface area (Å²) in [6.45, 7) is 1.73. The Hall–Kier alpha value is -2.70. The number of esters is 1. The largest absolute Gasteiger partial charge is 0.461 e. The van der Waals surface area contributed by atoms with Gasteiger partial charge in [-0.1, -0.05) is 18.2 Å². The Morgan fingerprint density at radius 3 is 2.63 bits per heavy atom. The number of H-pyrrole nitrogens is 1. The van der Waals surface area contributed by atoms with Crippen LogP contribution in [-0.2, 0) is 4.74 Å². The van der Waals surface area contributed by atoms with E-state index in [4.69, 9.17) is 0 Å².